The number of rotatable bonds is 6. The molecule has 0 unspecified atom stereocenters. The minimum Gasteiger partial charge on any atom is -0.372 e. The average Bonchev–Trinajstić information content (AvgIpc) is 2.86. The van der Waals surface area contributed by atoms with Crippen molar-refractivity contribution in [1.29, 1.82) is 0 Å². The van der Waals surface area contributed by atoms with Gasteiger partial charge < -0.3 is 4.74 Å². The van der Waals surface area contributed by atoms with Crippen LogP contribution in [0.4, 0.5) is 5.13 Å². The number of anilines is 1. The number of nitrogens with one attached hydrogen (secondary N) is 1. The van der Waals surface area contributed by atoms with Crippen molar-refractivity contribution in [2.45, 2.75) is 13.3 Å². The summed E-state index contributed by atoms with van der Waals surface area (Å²) in [5, 5.41) is 4.03. The van der Waals surface area contributed by atoms with E-state index in [1.807, 2.05) is 31.2 Å². The average molecular weight is 311 g/mol. The Morgan fingerprint density at radius 3 is 2.85 bits per heavy atom. The monoisotopic (exact) mass is 310 g/mol. The molecular weight excluding hydrogens is 296 g/mol. The fourth-order valence-corrected chi connectivity index (χ4v) is 2.59. The van der Waals surface area contributed by atoms with Crippen LogP contribution in [0.3, 0.4) is 0 Å². The van der Waals surface area contributed by atoms with Crippen molar-refractivity contribution in [1.82, 2.24) is 4.98 Å². The molecule has 0 spiro atoms. The maximum Gasteiger partial charge on any atom is 0.252 e. The molecule has 20 heavy (non-hydrogen) atoms. The van der Waals surface area contributed by atoms with Gasteiger partial charge in [-0.05, 0) is 24.6 Å². The number of benzene rings is 1. The lowest BCUT2D eigenvalue weighted by Crippen LogP contribution is -2.17. The number of ether oxygens (including phenoxy) is 1. The van der Waals surface area contributed by atoms with Gasteiger partial charge in [-0.25, -0.2) is 4.98 Å². The molecule has 0 saturated carbocycles. The molecule has 2 rings (SSSR count). The van der Waals surface area contributed by atoms with Crippen molar-refractivity contribution in [3.05, 3.63) is 45.9 Å². The van der Waals surface area contributed by atoms with Gasteiger partial charge in [-0.15, -0.1) is 11.3 Å². The summed E-state index contributed by atoms with van der Waals surface area (Å²) in [5.74, 6) is -0.181. The van der Waals surface area contributed by atoms with E-state index in [4.69, 9.17) is 16.3 Å². The van der Waals surface area contributed by atoms with Crippen molar-refractivity contribution < 1.29 is 9.53 Å². The van der Waals surface area contributed by atoms with Crippen LogP contribution in [0.5, 0.6) is 0 Å². The van der Waals surface area contributed by atoms with Crippen LogP contribution in [0.25, 0.3) is 0 Å². The van der Waals surface area contributed by atoms with Gasteiger partial charge in [-0.2, -0.15) is 0 Å². The summed E-state index contributed by atoms with van der Waals surface area (Å²) in [5.41, 5.74) is 1.16. The number of amides is 1. The van der Waals surface area contributed by atoms with Crippen LogP contribution < -0.4 is 5.32 Å². The van der Waals surface area contributed by atoms with E-state index in [0.717, 1.165) is 21.9 Å². The van der Waals surface area contributed by atoms with E-state index in [1.165, 1.54) is 11.3 Å². The molecule has 0 atom stereocenters. The van der Waals surface area contributed by atoms with Crippen molar-refractivity contribution in [2.75, 3.05) is 18.5 Å². The number of hydrogen-bond acceptors (Lipinski definition) is 4. The minimum atomic E-state index is -0.181. The lowest BCUT2D eigenvalue weighted by Gasteiger charge is -2.01. The zero-order valence-electron chi connectivity index (χ0n) is 11.1. The van der Waals surface area contributed by atoms with Crippen molar-refractivity contribution in [3.8, 4) is 0 Å². The third kappa shape index (κ3) is 4.59. The molecule has 2 aromatic rings. The minimum absolute atomic E-state index is 0.0581. The van der Waals surface area contributed by atoms with Gasteiger partial charge >= 0.3 is 0 Å². The van der Waals surface area contributed by atoms with E-state index in [2.05, 4.69) is 10.3 Å². The molecule has 1 N–H and O–H groups in total. The van der Waals surface area contributed by atoms with Crippen LogP contribution in [0.1, 0.15) is 17.4 Å². The molecule has 106 valence electrons. The quantitative estimate of drug-likeness (QED) is 0.890. The molecule has 0 aliphatic rings. The van der Waals surface area contributed by atoms with Crippen LogP contribution in [0, 0.1) is 0 Å². The van der Waals surface area contributed by atoms with Crippen molar-refractivity contribution in [3.63, 3.8) is 0 Å². The summed E-state index contributed by atoms with van der Waals surface area (Å²) in [7, 11) is 0. The highest BCUT2D eigenvalue weighted by Gasteiger charge is 2.07. The van der Waals surface area contributed by atoms with E-state index in [1.54, 1.807) is 6.20 Å². The normalized spacial score (nSPS) is 10.5. The first-order chi connectivity index (χ1) is 9.67. The smallest absolute Gasteiger partial charge is 0.252 e. The number of hydrogen-bond donors (Lipinski definition) is 1. The molecule has 1 amide bonds. The van der Waals surface area contributed by atoms with Gasteiger partial charge in [0.05, 0.1) is 0 Å². The molecule has 0 bridgehead atoms. The summed E-state index contributed by atoms with van der Waals surface area (Å²) in [6.45, 7) is 2.43. The van der Waals surface area contributed by atoms with Crippen LogP contribution >= 0.6 is 22.9 Å². The van der Waals surface area contributed by atoms with Gasteiger partial charge in [0.1, 0.15) is 6.61 Å². The van der Waals surface area contributed by atoms with Gasteiger partial charge in [0.2, 0.25) is 0 Å². The molecule has 1 aromatic carbocycles. The SMILES string of the molecule is CCOCC(=O)Nc1ncc(Cc2ccc(Cl)cc2)s1. The lowest BCUT2D eigenvalue weighted by atomic mass is 10.1. The number of carbonyl (C=O) groups is 1. The van der Waals surface area contributed by atoms with E-state index in [0.29, 0.717) is 11.7 Å². The number of aromatic nitrogens is 1. The summed E-state index contributed by atoms with van der Waals surface area (Å²) < 4.78 is 5.03. The molecule has 0 aliphatic carbocycles. The van der Waals surface area contributed by atoms with Crippen LogP contribution in [0.2, 0.25) is 5.02 Å². The van der Waals surface area contributed by atoms with Gasteiger partial charge in [-0.3, -0.25) is 10.1 Å². The highest BCUT2D eigenvalue weighted by Crippen LogP contribution is 2.21. The van der Waals surface area contributed by atoms with E-state index in [-0.39, 0.29) is 12.5 Å². The van der Waals surface area contributed by atoms with Gasteiger partial charge in [0, 0.05) is 29.1 Å². The second-order valence-electron chi connectivity index (χ2n) is 4.12. The maximum atomic E-state index is 11.5. The molecule has 6 heteroatoms. The van der Waals surface area contributed by atoms with Crippen molar-refractivity contribution >= 4 is 34.0 Å². The highest BCUT2D eigenvalue weighted by atomic mass is 35.5. The van der Waals surface area contributed by atoms with Gasteiger partial charge in [0.25, 0.3) is 5.91 Å². The van der Waals surface area contributed by atoms with Gasteiger partial charge in [0.15, 0.2) is 5.13 Å². The molecule has 1 heterocycles. The van der Waals surface area contributed by atoms with E-state index >= 15 is 0 Å². The predicted molar refractivity (Wildman–Crippen MR) is 81.5 cm³/mol. The Bertz CT molecular complexity index is 569. The van der Waals surface area contributed by atoms with E-state index in [9.17, 15) is 4.79 Å². The summed E-state index contributed by atoms with van der Waals surface area (Å²) >= 11 is 7.31. The standard InChI is InChI=1S/C14H15ClN2O2S/c1-2-19-9-13(18)17-14-16-8-12(20-14)7-10-3-5-11(15)6-4-10/h3-6,8H,2,7,9H2,1H3,(H,16,17,18). The molecule has 4 nitrogen and oxygen atoms in total. The Morgan fingerprint density at radius 1 is 1.40 bits per heavy atom. The zero-order valence-corrected chi connectivity index (χ0v) is 12.6. The van der Waals surface area contributed by atoms with Crippen molar-refractivity contribution in [2.24, 2.45) is 0 Å². The molecule has 0 saturated heterocycles. The van der Waals surface area contributed by atoms with Gasteiger partial charge in [-0.1, -0.05) is 23.7 Å². The molecule has 0 fully saturated rings. The Labute approximate surface area is 126 Å². The number of thiazole rings is 1. The predicted octanol–water partition coefficient (Wildman–Crippen LogP) is 3.36. The third-order valence-corrected chi connectivity index (χ3v) is 3.69. The number of halogens is 1. The van der Waals surface area contributed by atoms with Crippen LogP contribution in [-0.4, -0.2) is 24.1 Å². The van der Waals surface area contributed by atoms with Crippen LogP contribution in [-0.2, 0) is 16.0 Å². The molecule has 1 aromatic heterocycles. The number of nitrogens with zero attached hydrogens (tertiary/aromatic N) is 1. The fourth-order valence-electron chi connectivity index (χ4n) is 1.60. The summed E-state index contributed by atoms with van der Waals surface area (Å²) in [6.07, 6.45) is 2.55. The Kier molecular flexibility index (Phi) is 5.52. The maximum absolute atomic E-state index is 11.5. The van der Waals surface area contributed by atoms with E-state index < -0.39 is 0 Å². The molecular formula is C14H15ClN2O2S. The molecule has 0 aliphatic heterocycles. The second kappa shape index (κ2) is 7.38. The molecule has 0 radical (unpaired) electrons. The Hall–Kier alpha value is -1.43. The summed E-state index contributed by atoms with van der Waals surface area (Å²) in [6, 6.07) is 7.69. The first kappa shape index (κ1) is 15.0. The topological polar surface area (TPSA) is 51.2 Å². The number of carbonyl (C=O) groups excluding carboxylic acids is 1. The Balaban J connectivity index is 1.91. The largest absolute Gasteiger partial charge is 0.372 e. The van der Waals surface area contributed by atoms with Crippen LogP contribution in [0.15, 0.2) is 30.5 Å². The Morgan fingerprint density at radius 2 is 2.15 bits per heavy atom. The lowest BCUT2D eigenvalue weighted by molar-refractivity contribution is -0.120. The fraction of sp³-hybridized carbons (Fsp3) is 0.286. The third-order valence-electron chi connectivity index (χ3n) is 2.53. The highest BCUT2D eigenvalue weighted by molar-refractivity contribution is 7.15. The second-order valence-corrected chi connectivity index (χ2v) is 5.67. The zero-order chi connectivity index (χ0) is 14.4. The first-order valence-corrected chi connectivity index (χ1v) is 7.43. The first-order valence-electron chi connectivity index (χ1n) is 6.24. The summed E-state index contributed by atoms with van der Waals surface area (Å²) in [4.78, 5) is 16.8.